The maximum absolute atomic E-state index is 9.88. The van der Waals surface area contributed by atoms with Crippen molar-refractivity contribution in [1.29, 1.82) is 0 Å². The highest BCUT2D eigenvalue weighted by molar-refractivity contribution is 5.02. The smallest absolute Gasteiger partial charge is 0.0616 e. The van der Waals surface area contributed by atoms with Crippen LogP contribution in [0, 0.1) is 5.92 Å². The summed E-state index contributed by atoms with van der Waals surface area (Å²) in [5.74, 6) is 0.600. The van der Waals surface area contributed by atoms with Crippen LogP contribution in [-0.2, 0) is 4.74 Å². The van der Waals surface area contributed by atoms with Crippen molar-refractivity contribution in [2.24, 2.45) is 5.92 Å². The molecule has 21 heavy (non-hydrogen) atoms. The zero-order chi connectivity index (χ0) is 15.0. The number of hydrogen-bond donors (Lipinski definition) is 2. The fourth-order valence-corrected chi connectivity index (χ4v) is 3.78. The highest BCUT2D eigenvalue weighted by Crippen LogP contribution is 2.40. The molecule has 0 aromatic carbocycles. The molecule has 2 N–H and O–H groups in total. The molecule has 0 aromatic heterocycles. The number of ether oxygens (including phenoxy) is 1. The van der Waals surface area contributed by atoms with Gasteiger partial charge in [-0.2, -0.15) is 0 Å². The summed E-state index contributed by atoms with van der Waals surface area (Å²) in [6.07, 6.45) is 13.9. The molecule has 0 amide bonds. The van der Waals surface area contributed by atoms with Crippen LogP contribution in [0.1, 0.15) is 77.6 Å². The van der Waals surface area contributed by atoms with Gasteiger partial charge in [0.2, 0.25) is 0 Å². The van der Waals surface area contributed by atoms with Gasteiger partial charge in [0.25, 0.3) is 0 Å². The fourth-order valence-electron chi connectivity index (χ4n) is 3.78. The van der Waals surface area contributed by atoms with E-state index in [1.54, 1.807) is 0 Å². The summed E-state index contributed by atoms with van der Waals surface area (Å²) in [4.78, 5) is 0. The molecule has 2 rings (SSSR count). The highest BCUT2D eigenvalue weighted by atomic mass is 16.5. The van der Waals surface area contributed by atoms with Crippen molar-refractivity contribution in [2.75, 3.05) is 19.8 Å². The Kier molecular flexibility index (Phi) is 7.48. The van der Waals surface area contributed by atoms with E-state index in [0.717, 1.165) is 26.1 Å². The van der Waals surface area contributed by atoms with Crippen LogP contribution in [0.15, 0.2) is 0 Å². The minimum absolute atomic E-state index is 0.00561. The number of rotatable bonds is 12. The molecule has 2 fully saturated rings. The average molecular weight is 297 g/mol. The number of aliphatic hydroxyl groups excluding tert-OH is 1. The van der Waals surface area contributed by atoms with Crippen LogP contribution in [0.4, 0.5) is 0 Å². The van der Waals surface area contributed by atoms with Gasteiger partial charge in [-0.15, -0.1) is 0 Å². The third kappa shape index (κ3) is 5.54. The lowest BCUT2D eigenvalue weighted by atomic mass is 9.85. The molecule has 0 aliphatic heterocycles. The first-order valence-electron chi connectivity index (χ1n) is 9.27. The van der Waals surface area contributed by atoms with E-state index in [9.17, 15) is 5.11 Å². The second-order valence-electron chi connectivity index (χ2n) is 7.14. The minimum atomic E-state index is 0.00561. The van der Waals surface area contributed by atoms with Crippen molar-refractivity contribution < 1.29 is 9.84 Å². The zero-order valence-electron chi connectivity index (χ0n) is 13.9. The summed E-state index contributed by atoms with van der Waals surface area (Å²) >= 11 is 0. The van der Waals surface area contributed by atoms with Crippen LogP contribution < -0.4 is 5.32 Å². The first-order valence-corrected chi connectivity index (χ1v) is 9.27. The van der Waals surface area contributed by atoms with E-state index in [2.05, 4.69) is 12.2 Å². The quantitative estimate of drug-likeness (QED) is 0.540. The number of aliphatic hydroxyl groups is 1. The largest absolute Gasteiger partial charge is 0.394 e. The fraction of sp³-hybridized carbons (Fsp3) is 1.00. The van der Waals surface area contributed by atoms with Crippen LogP contribution in [0.25, 0.3) is 0 Å². The molecule has 3 nitrogen and oxygen atoms in total. The maximum atomic E-state index is 9.88. The van der Waals surface area contributed by atoms with E-state index in [0.29, 0.717) is 18.6 Å². The Morgan fingerprint density at radius 1 is 1.10 bits per heavy atom. The Bertz CT molecular complexity index is 280. The topological polar surface area (TPSA) is 41.5 Å². The number of nitrogens with one attached hydrogen (secondary N) is 1. The lowest BCUT2D eigenvalue weighted by molar-refractivity contribution is 0.0763. The molecule has 0 radical (unpaired) electrons. The number of unbranched alkanes of at least 4 members (excludes halogenated alkanes) is 4. The number of hydrogen-bond acceptors (Lipinski definition) is 3. The molecular formula is C18H35NO2. The van der Waals surface area contributed by atoms with E-state index < -0.39 is 0 Å². The molecular weight excluding hydrogens is 262 g/mol. The molecule has 2 aliphatic rings. The Hall–Kier alpha value is -0.120. The second kappa shape index (κ2) is 9.12. The van der Waals surface area contributed by atoms with Crippen molar-refractivity contribution in [3.05, 3.63) is 0 Å². The first-order chi connectivity index (χ1) is 10.3. The molecule has 2 unspecified atom stereocenters. The van der Waals surface area contributed by atoms with Crippen LogP contribution in [0.5, 0.6) is 0 Å². The van der Waals surface area contributed by atoms with Crippen molar-refractivity contribution in [3.63, 3.8) is 0 Å². The molecule has 0 heterocycles. The molecule has 2 atom stereocenters. The molecule has 0 saturated heterocycles. The summed E-state index contributed by atoms with van der Waals surface area (Å²) < 4.78 is 5.82. The lowest BCUT2D eigenvalue weighted by Crippen LogP contribution is -2.52. The van der Waals surface area contributed by atoms with Gasteiger partial charge in [-0.05, 0) is 44.4 Å². The predicted octanol–water partition coefficient (Wildman–Crippen LogP) is 3.65. The zero-order valence-corrected chi connectivity index (χ0v) is 13.9. The molecule has 2 aliphatic carbocycles. The van der Waals surface area contributed by atoms with E-state index in [-0.39, 0.29) is 5.54 Å². The summed E-state index contributed by atoms with van der Waals surface area (Å²) in [6.45, 7) is 4.33. The highest BCUT2D eigenvalue weighted by Gasteiger charge is 2.44. The van der Waals surface area contributed by atoms with Crippen molar-refractivity contribution in [1.82, 2.24) is 5.32 Å². The molecule has 3 heteroatoms. The SMILES string of the molecule is CCCCCCCOCCC1CCCC1(CO)NC1CC1. The van der Waals surface area contributed by atoms with Gasteiger partial charge in [-0.1, -0.05) is 39.0 Å². The van der Waals surface area contributed by atoms with Gasteiger partial charge < -0.3 is 15.2 Å². The van der Waals surface area contributed by atoms with Crippen molar-refractivity contribution >= 4 is 0 Å². The third-order valence-electron chi connectivity index (χ3n) is 5.31. The van der Waals surface area contributed by atoms with Gasteiger partial charge in [0, 0.05) is 24.8 Å². The van der Waals surface area contributed by atoms with Gasteiger partial charge in [0.15, 0.2) is 0 Å². The Morgan fingerprint density at radius 3 is 2.62 bits per heavy atom. The molecule has 0 aromatic rings. The third-order valence-corrected chi connectivity index (χ3v) is 5.31. The molecule has 2 saturated carbocycles. The Balaban J connectivity index is 1.58. The van der Waals surface area contributed by atoms with Gasteiger partial charge >= 0.3 is 0 Å². The van der Waals surface area contributed by atoms with Crippen LogP contribution in [0.2, 0.25) is 0 Å². The van der Waals surface area contributed by atoms with Gasteiger partial charge in [-0.25, -0.2) is 0 Å². The second-order valence-corrected chi connectivity index (χ2v) is 7.14. The molecule has 124 valence electrons. The Labute approximate surface area is 130 Å². The monoisotopic (exact) mass is 297 g/mol. The van der Waals surface area contributed by atoms with Gasteiger partial charge in [0.1, 0.15) is 0 Å². The standard InChI is InChI=1S/C18H35NO2/c1-2-3-4-5-6-13-21-14-11-16-8-7-12-18(16,15-20)19-17-9-10-17/h16-17,19-20H,2-15H2,1H3. The minimum Gasteiger partial charge on any atom is -0.394 e. The first kappa shape index (κ1) is 17.2. The lowest BCUT2D eigenvalue weighted by Gasteiger charge is -2.35. The van der Waals surface area contributed by atoms with Gasteiger partial charge in [-0.3, -0.25) is 0 Å². The van der Waals surface area contributed by atoms with Crippen molar-refractivity contribution in [3.8, 4) is 0 Å². The van der Waals surface area contributed by atoms with E-state index >= 15 is 0 Å². The van der Waals surface area contributed by atoms with E-state index in [1.807, 2.05) is 0 Å². The van der Waals surface area contributed by atoms with E-state index in [4.69, 9.17) is 4.74 Å². The maximum Gasteiger partial charge on any atom is 0.0616 e. The Morgan fingerprint density at radius 2 is 1.90 bits per heavy atom. The average Bonchev–Trinajstić information content (AvgIpc) is 3.22. The molecule has 0 bridgehead atoms. The summed E-state index contributed by atoms with van der Waals surface area (Å²) in [6, 6.07) is 0.678. The summed E-state index contributed by atoms with van der Waals surface area (Å²) in [7, 11) is 0. The predicted molar refractivity (Wildman–Crippen MR) is 87.5 cm³/mol. The van der Waals surface area contributed by atoms with Crippen molar-refractivity contribution in [2.45, 2.75) is 89.1 Å². The van der Waals surface area contributed by atoms with E-state index in [1.165, 1.54) is 57.8 Å². The van der Waals surface area contributed by atoms with Crippen LogP contribution >= 0.6 is 0 Å². The summed E-state index contributed by atoms with van der Waals surface area (Å²) in [5, 5.41) is 13.6. The normalized spacial score (nSPS) is 29.1. The van der Waals surface area contributed by atoms with Gasteiger partial charge in [0.05, 0.1) is 6.61 Å². The molecule has 0 spiro atoms. The van der Waals surface area contributed by atoms with Crippen LogP contribution in [0.3, 0.4) is 0 Å². The summed E-state index contributed by atoms with van der Waals surface area (Å²) in [5.41, 5.74) is 0.00561. The van der Waals surface area contributed by atoms with Crippen LogP contribution in [-0.4, -0.2) is 36.5 Å².